The average molecular weight is 256 g/mol. The van der Waals surface area contributed by atoms with Crippen LogP contribution in [0.4, 0.5) is 0 Å². The lowest BCUT2D eigenvalue weighted by molar-refractivity contribution is -0.565. The van der Waals surface area contributed by atoms with Crippen LogP contribution in [0.3, 0.4) is 0 Å². The second kappa shape index (κ2) is 4.17. The van der Waals surface area contributed by atoms with Crippen molar-refractivity contribution in [2.75, 3.05) is 6.61 Å². The molecule has 3 rings (SSSR count). The van der Waals surface area contributed by atoms with Gasteiger partial charge in [-0.1, -0.05) is 20.3 Å². The quantitative estimate of drug-likeness (QED) is 0.624. The van der Waals surface area contributed by atoms with Crippen molar-refractivity contribution in [3.8, 4) is 0 Å². The van der Waals surface area contributed by atoms with E-state index < -0.39 is 11.4 Å². The van der Waals surface area contributed by atoms with Crippen LogP contribution < -0.4 is 0 Å². The number of rotatable bonds is 0. The van der Waals surface area contributed by atoms with E-state index in [-0.39, 0.29) is 6.29 Å². The first-order chi connectivity index (χ1) is 8.43. The summed E-state index contributed by atoms with van der Waals surface area (Å²) in [5.41, 5.74) is -0.398. The highest BCUT2D eigenvalue weighted by atomic mass is 17.3. The molecule has 0 bridgehead atoms. The summed E-state index contributed by atoms with van der Waals surface area (Å²) in [5.74, 6) is 0.888. The Morgan fingerprint density at radius 3 is 2.61 bits per heavy atom. The highest BCUT2D eigenvalue weighted by Crippen LogP contribution is 2.52. The zero-order valence-electron chi connectivity index (χ0n) is 11.8. The van der Waals surface area contributed by atoms with E-state index in [2.05, 4.69) is 13.8 Å². The third-order valence-electron chi connectivity index (χ3n) is 4.65. The highest BCUT2D eigenvalue weighted by Gasteiger charge is 2.60. The molecule has 2 unspecified atom stereocenters. The summed E-state index contributed by atoms with van der Waals surface area (Å²) in [5, 5.41) is 0. The molecule has 18 heavy (non-hydrogen) atoms. The maximum atomic E-state index is 5.97. The summed E-state index contributed by atoms with van der Waals surface area (Å²) < 4.78 is 11.9. The van der Waals surface area contributed by atoms with Gasteiger partial charge in [-0.3, -0.25) is 0 Å². The fraction of sp³-hybridized carbons (Fsp3) is 1.00. The summed E-state index contributed by atoms with van der Waals surface area (Å²) in [6.07, 6.45) is 3.11. The standard InChI is InChI=1S/C14H24O4/c1-9-5-6-11-10(2)8-15-12-14(11,7-9)18-17-13(3,4)16-12/h9-12H,5-8H2,1-4H3/t9-,10+,11?,12?,14-/m0/s1. The second-order valence-corrected chi connectivity index (χ2v) is 6.77. The molecule has 3 aliphatic rings. The molecule has 0 radical (unpaired) electrons. The predicted molar refractivity (Wildman–Crippen MR) is 65.5 cm³/mol. The topological polar surface area (TPSA) is 36.9 Å². The van der Waals surface area contributed by atoms with Crippen molar-refractivity contribution in [3.63, 3.8) is 0 Å². The molecule has 4 heteroatoms. The van der Waals surface area contributed by atoms with Gasteiger partial charge in [-0.25, -0.2) is 9.78 Å². The molecule has 0 N–H and O–H groups in total. The van der Waals surface area contributed by atoms with Crippen molar-refractivity contribution >= 4 is 0 Å². The molecule has 1 aliphatic carbocycles. The van der Waals surface area contributed by atoms with Gasteiger partial charge in [0, 0.05) is 5.92 Å². The summed E-state index contributed by atoms with van der Waals surface area (Å²) in [6.45, 7) is 8.99. The monoisotopic (exact) mass is 256 g/mol. The molecule has 104 valence electrons. The Bertz CT molecular complexity index is 330. The molecular weight excluding hydrogens is 232 g/mol. The molecule has 5 atom stereocenters. The number of hydrogen-bond donors (Lipinski definition) is 0. The fourth-order valence-electron chi connectivity index (χ4n) is 3.76. The van der Waals surface area contributed by atoms with E-state index in [1.807, 2.05) is 13.8 Å². The zero-order chi connectivity index (χ0) is 13.0. The molecule has 4 nitrogen and oxygen atoms in total. The van der Waals surface area contributed by atoms with Crippen molar-refractivity contribution < 1.29 is 19.2 Å². The maximum Gasteiger partial charge on any atom is 0.199 e. The van der Waals surface area contributed by atoms with Gasteiger partial charge in [0.05, 0.1) is 6.61 Å². The maximum absolute atomic E-state index is 5.97. The molecule has 1 spiro atoms. The van der Waals surface area contributed by atoms with Crippen LogP contribution in [0.25, 0.3) is 0 Å². The normalized spacial score (nSPS) is 51.3. The Morgan fingerprint density at radius 1 is 1.06 bits per heavy atom. The van der Waals surface area contributed by atoms with Gasteiger partial charge in [-0.15, -0.1) is 0 Å². The number of ether oxygens (including phenoxy) is 2. The SMILES string of the molecule is C[C@H]1CCC2[C@H](C)COC3OC(C)(C)OO[C@]32C1. The van der Waals surface area contributed by atoms with Crippen molar-refractivity contribution in [1.82, 2.24) is 0 Å². The zero-order valence-corrected chi connectivity index (χ0v) is 11.8. The minimum absolute atomic E-state index is 0.287. The Labute approximate surface area is 109 Å². The lowest BCUT2D eigenvalue weighted by atomic mass is 9.65. The van der Waals surface area contributed by atoms with Crippen LogP contribution in [-0.4, -0.2) is 24.3 Å². The minimum Gasteiger partial charge on any atom is -0.349 e. The van der Waals surface area contributed by atoms with Gasteiger partial charge < -0.3 is 9.47 Å². The van der Waals surface area contributed by atoms with Crippen molar-refractivity contribution in [1.29, 1.82) is 0 Å². The Morgan fingerprint density at radius 2 is 1.83 bits per heavy atom. The van der Waals surface area contributed by atoms with Gasteiger partial charge in [0.1, 0.15) is 0 Å². The minimum atomic E-state index is -0.721. The van der Waals surface area contributed by atoms with E-state index in [9.17, 15) is 0 Å². The van der Waals surface area contributed by atoms with E-state index in [4.69, 9.17) is 19.2 Å². The van der Waals surface area contributed by atoms with Crippen LogP contribution in [0.15, 0.2) is 0 Å². The predicted octanol–water partition coefficient (Wildman–Crippen LogP) is 2.87. The van der Waals surface area contributed by atoms with Gasteiger partial charge in [0.15, 0.2) is 17.7 Å². The first-order valence-electron chi connectivity index (χ1n) is 7.09. The lowest BCUT2D eigenvalue weighted by Gasteiger charge is -2.57. The Kier molecular flexibility index (Phi) is 2.98. The van der Waals surface area contributed by atoms with Crippen molar-refractivity contribution in [2.45, 2.75) is 64.6 Å². The van der Waals surface area contributed by atoms with Gasteiger partial charge in [0.25, 0.3) is 0 Å². The molecular formula is C14H24O4. The molecule has 0 aromatic carbocycles. The summed E-state index contributed by atoms with van der Waals surface area (Å²) >= 11 is 0. The Hall–Kier alpha value is -0.160. The van der Waals surface area contributed by atoms with Crippen molar-refractivity contribution in [2.24, 2.45) is 17.8 Å². The smallest absolute Gasteiger partial charge is 0.199 e. The second-order valence-electron chi connectivity index (χ2n) is 6.77. The van der Waals surface area contributed by atoms with Gasteiger partial charge in [-0.2, -0.15) is 0 Å². The van der Waals surface area contributed by atoms with E-state index in [0.717, 1.165) is 13.0 Å². The van der Waals surface area contributed by atoms with E-state index in [1.165, 1.54) is 12.8 Å². The average Bonchev–Trinajstić information content (AvgIpc) is 2.30. The summed E-state index contributed by atoms with van der Waals surface area (Å²) in [7, 11) is 0. The molecule has 2 saturated heterocycles. The number of hydrogen-bond acceptors (Lipinski definition) is 4. The highest BCUT2D eigenvalue weighted by molar-refractivity contribution is 5.01. The Balaban J connectivity index is 1.90. The largest absolute Gasteiger partial charge is 0.349 e. The van der Waals surface area contributed by atoms with E-state index in [0.29, 0.717) is 17.8 Å². The summed E-state index contributed by atoms with van der Waals surface area (Å²) in [6, 6.07) is 0. The molecule has 2 aliphatic heterocycles. The fourth-order valence-corrected chi connectivity index (χ4v) is 3.76. The molecule has 0 amide bonds. The first kappa shape index (κ1) is 12.9. The van der Waals surface area contributed by atoms with Crippen LogP contribution >= 0.6 is 0 Å². The van der Waals surface area contributed by atoms with Crippen LogP contribution in [0, 0.1) is 17.8 Å². The first-order valence-corrected chi connectivity index (χ1v) is 7.09. The van der Waals surface area contributed by atoms with Crippen LogP contribution in [0.5, 0.6) is 0 Å². The lowest BCUT2D eigenvalue weighted by Crippen LogP contribution is -2.66. The molecule has 2 heterocycles. The molecule has 1 saturated carbocycles. The van der Waals surface area contributed by atoms with Crippen molar-refractivity contribution in [3.05, 3.63) is 0 Å². The molecule has 3 fully saturated rings. The van der Waals surface area contributed by atoms with Crippen LogP contribution in [-0.2, 0) is 19.2 Å². The van der Waals surface area contributed by atoms with Gasteiger partial charge >= 0.3 is 0 Å². The third kappa shape index (κ3) is 1.90. The van der Waals surface area contributed by atoms with Gasteiger partial charge in [0.2, 0.25) is 0 Å². The summed E-state index contributed by atoms with van der Waals surface area (Å²) in [4.78, 5) is 11.4. The van der Waals surface area contributed by atoms with Crippen LogP contribution in [0.2, 0.25) is 0 Å². The van der Waals surface area contributed by atoms with E-state index >= 15 is 0 Å². The van der Waals surface area contributed by atoms with E-state index in [1.54, 1.807) is 0 Å². The third-order valence-corrected chi connectivity index (χ3v) is 4.65. The molecule has 0 aromatic heterocycles. The molecule has 0 aromatic rings. The van der Waals surface area contributed by atoms with Crippen LogP contribution in [0.1, 0.15) is 47.0 Å². The van der Waals surface area contributed by atoms with Gasteiger partial charge in [-0.05, 0) is 38.5 Å².